The number of aromatic nitrogens is 10. The molecule has 3 fully saturated rings. The van der Waals surface area contributed by atoms with Crippen LogP contribution < -0.4 is 36.1 Å². The van der Waals surface area contributed by atoms with Gasteiger partial charge in [0, 0.05) is 147 Å². The Kier molecular flexibility index (Phi) is 26.2. The molecule has 1 atom stereocenters. The summed E-state index contributed by atoms with van der Waals surface area (Å²) >= 11 is 10.4. The van der Waals surface area contributed by atoms with E-state index < -0.39 is 5.60 Å². The van der Waals surface area contributed by atoms with Crippen LogP contribution in [0.3, 0.4) is 0 Å². The second-order valence-electron chi connectivity index (χ2n) is 37.7. The Morgan fingerprint density at radius 2 is 0.894 bits per heavy atom. The van der Waals surface area contributed by atoms with Gasteiger partial charge in [-0.1, -0.05) is 32.8 Å². The lowest BCUT2D eigenvalue weighted by Crippen LogP contribution is -2.42. The number of benzene rings is 1. The predicted molar refractivity (Wildman–Crippen MR) is 547 cm³/mol. The van der Waals surface area contributed by atoms with Crippen LogP contribution in [0.4, 0.5) is 16.4 Å². The van der Waals surface area contributed by atoms with E-state index in [1.165, 1.54) is 150 Å². The van der Waals surface area contributed by atoms with Gasteiger partial charge in [-0.25, -0.2) is 34.7 Å². The van der Waals surface area contributed by atoms with Gasteiger partial charge in [0.05, 0.1) is 72.2 Å². The van der Waals surface area contributed by atoms with Crippen molar-refractivity contribution in [1.29, 1.82) is 0 Å². The van der Waals surface area contributed by atoms with Crippen molar-refractivity contribution in [3.05, 3.63) is 169 Å². The number of nitrogens with zero attached hydrogens (tertiary/aromatic N) is 15. The largest absolute Gasteiger partial charge is 0.486 e. The third-order valence-corrected chi connectivity index (χ3v) is 32.1. The lowest BCUT2D eigenvalue weighted by atomic mass is 10.1. The van der Waals surface area contributed by atoms with Crippen LogP contribution in [0, 0.1) is 101 Å². The van der Waals surface area contributed by atoms with Crippen molar-refractivity contribution in [2.45, 2.75) is 227 Å². The molecule has 6 aliphatic heterocycles. The number of thiophene rings is 6. The number of aliphatic imine (C=N–C) groups is 4. The maximum absolute atomic E-state index is 12.5. The molecule has 14 aromatic heterocycles. The van der Waals surface area contributed by atoms with E-state index in [0.717, 1.165) is 202 Å². The second-order valence-corrected chi connectivity index (χ2v) is 43.7. The average Bonchev–Trinajstić information content (AvgIpc) is 1.60. The number of rotatable bonds is 12. The van der Waals surface area contributed by atoms with E-state index in [4.69, 9.17) is 44.4 Å². The van der Waals surface area contributed by atoms with Gasteiger partial charge in [-0.2, -0.15) is 10.2 Å². The number of amidine groups is 3. The summed E-state index contributed by atoms with van der Waals surface area (Å²) in [6.45, 7) is 45.9. The molecular formula is C101H118N20O5S6. The maximum Gasteiger partial charge on any atom is 0.410 e. The van der Waals surface area contributed by atoms with Crippen molar-refractivity contribution in [3.8, 4) is 11.5 Å². The summed E-state index contributed by atoms with van der Waals surface area (Å²) < 4.78 is 23.0. The van der Waals surface area contributed by atoms with Gasteiger partial charge in [0.1, 0.15) is 65.3 Å². The first-order valence-electron chi connectivity index (χ1n) is 46.2. The summed E-state index contributed by atoms with van der Waals surface area (Å²) in [6, 6.07) is 19.0. The van der Waals surface area contributed by atoms with Gasteiger partial charge in [-0.3, -0.25) is 34.1 Å². The Morgan fingerprint density at radius 3 is 1.37 bits per heavy atom. The highest BCUT2D eigenvalue weighted by Crippen LogP contribution is 2.45. The number of hydrogen-bond acceptors (Lipinski definition) is 27. The van der Waals surface area contributed by atoms with E-state index in [1.54, 1.807) is 68.0 Å². The fraction of sp³-hybridized carbons (Fsp3) is 0.446. The Balaban J connectivity index is 0.000000107. The van der Waals surface area contributed by atoms with E-state index in [9.17, 15) is 9.59 Å². The molecule has 1 saturated heterocycles. The lowest BCUT2D eigenvalue weighted by Gasteiger charge is -2.28. The van der Waals surface area contributed by atoms with Gasteiger partial charge >= 0.3 is 6.09 Å². The van der Waals surface area contributed by atoms with Crippen LogP contribution in [-0.2, 0) is 56.4 Å². The standard InChI is InChI=1S/C21H29N5O2S.C20H20N4O2S.C17H21N3S.C16H21N3S.C15H15N3OS.C12H12N2S/c1-12-10-13(2)23-19-15(12)16-17(29-19)18(24-25(16)6)22-11-14-8-7-9-26(14)20(27)28-21(3,4)5;1-11-8-12(2)22-20-16(11)17-18(27-20)19(23-24(17)3)21-10-13-4-5-14-15(9-13)26-7-6-25-14;1-10-7-11(2)20-17-14(10)13-9-19-16(15(13)21-17)18-8-12-5-3-4-6-12;1-9(2)5-6-17-15-14-12(8-18-15)13-10(3)7-11(4)19-16(13)20-14;1-7-5-8(2)17-15-11(7)10-6-16-13(12(10)20-15)18-14(19)9-3-4-9;1-6-4-7(2)14-12-10(6)9-5-13-8(3)11(9)15-12/h10,14H,7-9,11H2,1-6H3,(H,22,24);4-5,8-9H,6-7,10H2,1-3H3,(H,21,23);7,12H,3-6,8-9H2,1-2H3,(H,18,19);7,9H,5-6,8H2,1-4H3,(H,17,18);5,9H,3-4,6H2,1-2H3,(H,16,18,19);4H,5H2,1-3H3. The van der Waals surface area contributed by atoms with Crippen molar-refractivity contribution >= 4 is 197 Å². The zero-order valence-corrected chi connectivity index (χ0v) is 84.2. The fourth-order valence-corrected chi connectivity index (χ4v) is 26.8. The molecule has 20 heterocycles. The first kappa shape index (κ1) is 91.5. The number of carbonyl (C=O) groups excluding carboxylic acids is 2. The zero-order chi connectivity index (χ0) is 92.6. The van der Waals surface area contributed by atoms with Crippen molar-refractivity contribution in [1.82, 2.24) is 70.3 Å². The van der Waals surface area contributed by atoms with Crippen LogP contribution in [-0.4, -0.2) is 141 Å². The van der Waals surface area contributed by atoms with Gasteiger partial charge in [-0.15, -0.1) is 68.0 Å². The molecule has 5 N–H and O–H groups in total. The number of aryl methyl sites for hydroxylation is 14. The summed E-state index contributed by atoms with van der Waals surface area (Å²) in [5, 5.41) is 34.1. The number of likely N-dealkylation sites (tertiary alicyclic amines) is 1. The monoisotopic (exact) mass is 1880 g/mol. The first-order chi connectivity index (χ1) is 63.3. The molecule has 0 bridgehead atoms. The smallest absolute Gasteiger partial charge is 0.410 e. The summed E-state index contributed by atoms with van der Waals surface area (Å²) in [5.74, 6) is 8.19. The number of hydrogen-bond donors (Lipinski definition) is 5. The van der Waals surface area contributed by atoms with E-state index in [1.807, 2.05) is 82.0 Å². The fourth-order valence-electron chi connectivity index (χ4n) is 19.1. The molecule has 2 saturated carbocycles. The number of nitrogens with one attached hydrogen (secondary N) is 5. The van der Waals surface area contributed by atoms with E-state index in [-0.39, 0.29) is 24.0 Å². The van der Waals surface area contributed by atoms with E-state index in [0.29, 0.717) is 32.8 Å². The Morgan fingerprint density at radius 1 is 0.470 bits per heavy atom. The number of pyridine rings is 6. The third-order valence-electron chi connectivity index (χ3n) is 25.3. The minimum Gasteiger partial charge on any atom is -0.486 e. The van der Waals surface area contributed by atoms with Crippen LogP contribution in [0.1, 0.15) is 214 Å². The average molecular weight is 1880 g/mol. The molecule has 31 heteroatoms. The maximum atomic E-state index is 12.5. The molecule has 25 nitrogen and oxygen atoms in total. The third kappa shape index (κ3) is 19.1. The summed E-state index contributed by atoms with van der Waals surface area (Å²) in [5.41, 5.74) is 23.6. The van der Waals surface area contributed by atoms with Gasteiger partial charge in [-0.05, 0) is 255 Å². The molecule has 1 aromatic carbocycles. The summed E-state index contributed by atoms with van der Waals surface area (Å²) in [6.07, 6.45) is 10.5. The highest BCUT2D eigenvalue weighted by molar-refractivity contribution is 7.26. The van der Waals surface area contributed by atoms with E-state index >= 15 is 0 Å². The van der Waals surface area contributed by atoms with Gasteiger partial charge in [0.2, 0.25) is 5.91 Å². The SMILES string of the molecule is CC1=NCc2c1sc1nc(C)cc(C)c21.Cc1cc(C)c2c(n1)sc1c(NCC3CCCN3C(=O)OC(C)(C)C)nn(C)c12.Cc1cc(C)c2c(n1)sc1c(NCc3ccc4c(c3)OCCO4)nn(C)c12.Cc1cc(C)c2c3c(sc2n1)C(NC(=O)C1CC1)=NC3.Cc1cc(C)c2c3c(sc2n1)C(NCC1CCCC1)=NC3.Cc1cc(C)c2c3c(sc2n1)C(NCCC(C)C)=NC3. The molecule has 8 aliphatic rings. The number of fused-ring (bicyclic) bond motifs is 19. The predicted octanol–water partition coefficient (Wildman–Crippen LogP) is 22.5. The Bertz CT molecular complexity index is 7190. The molecule has 1 unspecified atom stereocenters. The minimum atomic E-state index is -0.481. The van der Waals surface area contributed by atoms with Crippen molar-refractivity contribution in [3.63, 3.8) is 0 Å². The number of amides is 2. The Labute approximate surface area is 794 Å². The topological polar surface area (TPSA) is 288 Å². The molecule has 688 valence electrons. The highest BCUT2D eigenvalue weighted by atomic mass is 32.1. The van der Waals surface area contributed by atoms with Gasteiger partial charge in [0.25, 0.3) is 0 Å². The molecular weight excluding hydrogens is 1770 g/mol. The molecule has 0 spiro atoms. The highest BCUT2D eigenvalue weighted by Gasteiger charge is 2.36. The van der Waals surface area contributed by atoms with Crippen LogP contribution >= 0.6 is 68.0 Å². The van der Waals surface area contributed by atoms with Gasteiger partial charge in [0.15, 0.2) is 23.1 Å². The van der Waals surface area contributed by atoms with Crippen LogP contribution in [0.15, 0.2) is 74.6 Å². The zero-order valence-electron chi connectivity index (χ0n) is 79.3. The number of carbonyl (C=O) groups is 2. The van der Waals surface area contributed by atoms with Crippen LogP contribution in [0.2, 0.25) is 0 Å². The lowest BCUT2D eigenvalue weighted by molar-refractivity contribution is -0.120. The molecule has 132 heavy (non-hydrogen) atoms. The van der Waals surface area contributed by atoms with E-state index in [2.05, 4.69) is 182 Å². The molecule has 2 aliphatic carbocycles. The second kappa shape index (κ2) is 37.8. The van der Waals surface area contributed by atoms with Gasteiger partial charge < -0.3 is 45.7 Å². The molecule has 15 aromatic rings. The number of ether oxygens (including phenoxy) is 3. The van der Waals surface area contributed by atoms with Crippen molar-refractivity contribution in [2.75, 3.05) is 50.0 Å². The molecule has 2 amide bonds. The molecule has 23 rings (SSSR count). The summed E-state index contributed by atoms with van der Waals surface area (Å²) in [7, 11) is 3.96. The minimum absolute atomic E-state index is 0.110. The number of anilines is 2. The van der Waals surface area contributed by atoms with Crippen molar-refractivity contribution in [2.24, 2.45) is 51.8 Å². The molecule has 0 radical (unpaired) electrons. The first-order valence-corrected chi connectivity index (χ1v) is 51.1. The van der Waals surface area contributed by atoms with Crippen molar-refractivity contribution < 1.29 is 23.8 Å². The van der Waals surface area contributed by atoms with Crippen LogP contribution in [0.5, 0.6) is 11.5 Å². The quantitative estimate of drug-likeness (QED) is 0.0759. The Hall–Kier alpha value is -11.0. The normalized spacial score (nSPS) is 15.9. The van der Waals surface area contributed by atoms with Crippen LogP contribution in [0.25, 0.3) is 81.7 Å². The summed E-state index contributed by atoms with van der Waals surface area (Å²) in [4.78, 5) is 84.4.